The quantitative estimate of drug-likeness (QED) is 0.939. The minimum absolute atomic E-state index is 0.0355. The van der Waals surface area contributed by atoms with Crippen molar-refractivity contribution in [2.24, 2.45) is 0 Å². The Morgan fingerprint density at radius 3 is 2.48 bits per heavy atom. The average molecular weight is 334 g/mol. The Morgan fingerprint density at radius 2 is 1.87 bits per heavy atom. The molecule has 0 saturated carbocycles. The summed E-state index contributed by atoms with van der Waals surface area (Å²) in [6.07, 6.45) is 1.89. The number of H-pyrrole nitrogens is 1. The van der Waals surface area contributed by atoms with Gasteiger partial charge in [-0.25, -0.2) is 0 Å². The molecule has 0 aliphatic carbocycles. The van der Waals surface area contributed by atoms with Crippen LogP contribution in [0.1, 0.15) is 10.5 Å². The van der Waals surface area contributed by atoms with Crippen molar-refractivity contribution in [1.82, 2.24) is 9.88 Å². The van der Waals surface area contributed by atoms with Crippen molar-refractivity contribution in [3.05, 3.63) is 41.2 Å². The van der Waals surface area contributed by atoms with Gasteiger partial charge in [-0.2, -0.15) is 0 Å². The SMILES string of the molecule is CN(C)C(=O)c1[nH]cc(-c2ccc(Cl)cc2)c1N1CCOCC1. The fourth-order valence-corrected chi connectivity index (χ4v) is 2.89. The van der Waals surface area contributed by atoms with Crippen molar-refractivity contribution in [1.29, 1.82) is 0 Å². The summed E-state index contributed by atoms with van der Waals surface area (Å²) in [5.41, 5.74) is 3.59. The van der Waals surface area contributed by atoms with Crippen molar-refractivity contribution >= 4 is 23.2 Å². The van der Waals surface area contributed by atoms with Gasteiger partial charge < -0.3 is 19.5 Å². The molecule has 6 heteroatoms. The van der Waals surface area contributed by atoms with Gasteiger partial charge in [0, 0.05) is 44.0 Å². The highest BCUT2D eigenvalue weighted by atomic mass is 35.5. The van der Waals surface area contributed by atoms with E-state index in [-0.39, 0.29) is 5.91 Å². The molecule has 3 rings (SSSR count). The molecular weight excluding hydrogens is 314 g/mol. The molecule has 5 nitrogen and oxygen atoms in total. The normalized spacial score (nSPS) is 14.8. The van der Waals surface area contributed by atoms with Gasteiger partial charge in [0.05, 0.1) is 18.9 Å². The molecule has 0 bridgehead atoms. The molecule has 2 heterocycles. The first-order chi connectivity index (χ1) is 11.1. The minimum Gasteiger partial charge on any atom is -0.378 e. The number of nitrogens with zero attached hydrogens (tertiary/aromatic N) is 2. The minimum atomic E-state index is -0.0355. The fourth-order valence-electron chi connectivity index (χ4n) is 2.77. The Labute approximate surface area is 140 Å². The summed E-state index contributed by atoms with van der Waals surface area (Å²) in [6.45, 7) is 2.87. The number of hydrogen-bond donors (Lipinski definition) is 1. The van der Waals surface area contributed by atoms with E-state index in [2.05, 4.69) is 9.88 Å². The first-order valence-electron chi connectivity index (χ1n) is 7.59. The standard InChI is InChI=1S/C17H20ClN3O2/c1-20(2)17(22)15-16(21-7-9-23-10-8-21)14(11-19-15)12-3-5-13(18)6-4-12/h3-6,11,19H,7-10H2,1-2H3. The third-order valence-electron chi connectivity index (χ3n) is 3.96. The second-order valence-corrected chi connectivity index (χ2v) is 6.17. The molecule has 0 atom stereocenters. The molecule has 23 heavy (non-hydrogen) atoms. The summed E-state index contributed by atoms with van der Waals surface area (Å²) in [5.74, 6) is -0.0355. The van der Waals surface area contributed by atoms with Crippen LogP contribution in [0.4, 0.5) is 5.69 Å². The summed E-state index contributed by atoms with van der Waals surface area (Å²) in [4.78, 5) is 19.5. The van der Waals surface area contributed by atoms with Gasteiger partial charge in [-0.3, -0.25) is 4.79 Å². The summed E-state index contributed by atoms with van der Waals surface area (Å²) in [5, 5.41) is 0.696. The summed E-state index contributed by atoms with van der Waals surface area (Å²) in [7, 11) is 3.52. The number of ether oxygens (including phenoxy) is 1. The van der Waals surface area contributed by atoms with Crippen molar-refractivity contribution in [2.45, 2.75) is 0 Å². The Kier molecular flexibility index (Phi) is 4.59. The highest BCUT2D eigenvalue weighted by Gasteiger charge is 2.25. The molecule has 0 radical (unpaired) electrons. The van der Waals surface area contributed by atoms with Gasteiger partial charge in [0.25, 0.3) is 5.91 Å². The number of carbonyl (C=O) groups excluding carboxylic acids is 1. The predicted octanol–water partition coefficient (Wildman–Crippen LogP) is 2.87. The molecule has 2 aromatic rings. The van der Waals surface area contributed by atoms with E-state index in [1.807, 2.05) is 30.5 Å². The van der Waals surface area contributed by atoms with E-state index < -0.39 is 0 Å². The third-order valence-corrected chi connectivity index (χ3v) is 4.21. The Bertz CT molecular complexity index is 688. The van der Waals surface area contributed by atoms with Gasteiger partial charge in [-0.1, -0.05) is 23.7 Å². The zero-order chi connectivity index (χ0) is 16.4. The molecule has 0 unspecified atom stereocenters. The monoisotopic (exact) mass is 333 g/mol. The van der Waals surface area contributed by atoms with Crippen LogP contribution in [0.5, 0.6) is 0 Å². The van der Waals surface area contributed by atoms with Gasteiger partial charge in [0.1, 0.15) is 5.69 Å². The number of nitrogens with one attached hydrogen (secondary N) is 1. The summed E-state index contributed by atoms with van der Waals surface area (Å²) >= 11 is 5.99. The first kappa shape index (κ1) is 15.9. The molecule has 1 saturated heterocycles. The lowest BCUT2D eigenvalue weighted by Gasteiger charge is -2.30. The van der Waals surface area contributed by atoms with E-state index in [1.54, 1.807) is 19.0 Å². The summed E-state index contributed by atoms with van der Waals surface area (Å²) < 4.78 is 5.44. The number of aromatic amines is 1. The van der Waals surface area contributed by atoms with E-state index in [1.165, 1.54) is 0 Å². The number of anilines is 1. The van der Waals surface area contributed by atoms with Crippen molar-refractivity contribution in [2.75, 3.05) is 45.3 Å². The molecule has 1 fully saturated rings. The van der Waals surface area contributed by atoms with Gasteiger partial charge in [0.15, 0.2) is 0 Å². The maximum atomic E-state index is 12.5. The maximum absolute atomic E-state index is 12.5. The highest BCUT2D eigenvalue weighted by molar-refractivity contribution is 6.30. The second-order valence-electron chi connectivity index (χ2n) is 5.73. The van der Waals surface area contributed by atoms with Crippen LogP contribution in [0.2, 0.25) is 5.02 Å². The van der Waals surface area contributed by atoms with Crippen LogP contribution in [-0.2, 0) is 4.74 Å². The van der Waals surface area contributed by atoms with Crippen molar-refractivity contribution in [3.63, 3.8) is 0 Å². The average Bonchev–Trinajstić information content (AvgIpc) is 3.00. The maximum Gasteiger partial charge on any atom is 0.271 e. The number of aromatic nitrogens is 1. The van der Waals surface area contributed by atoms with E-state index in [0.717, 1.165) is 29.9 Å². The Morgan fingerprint density at radius 1 is 1.22 bits per heavy atom. The van der Waals surface area contributed by atoms with Crippen LogP contribution in [0.3, 0.4) is 0 Å². The molecular formula is C17H20ClN3O2. The highest BCUT2D eigenvalue weighted by Crippen LogP contribution is 2.35. The molecule has 122 valence electrons. The molecule has 1 aromatic heterocycles. The van der Waals surface area contributed by atoms with Gasteiger partial charge >= 0.3 is 0 Å². The molecule has 1 aliphatic rings. The van der Waals surface area contributed by atoms with Crippen molar-refractivity contribution in [3.8, 4) is 11.1 Å². The summed E-state index contributed by atoms with van der Waals surface area (Å²) in [6, 6.07) is 7.67. The van der Waals surface area contributed by atoms with E-state index in [0.29, 0.717) is 23.9 Å². The zero-order valence-electron chi connectivity index (χ0n) is 13.3. The lowest BCUT2D eigenvalue weighted by molar-refractivity contribution is 0.0822. The van der Waals surface area contributed by atoms with Crippen LogP contribution >= 0.6 is 11.6 Å². The van der Waals surface area contributed by atoms with Gasteiger partial charge in [0.2, 0.25) is 0 Å². The van der Waals surface area contributed by atoms with Crippen molar-refractivity contribution < 1.29 is 9.53 Å². The van der Waals surface area contributed by atoms with Crippen LogP contribution < -0.4 is 4.90 Å². The second kappa shape index (κ2) is 6.64. The number of amides is 1. The number of carbonyl (C=O) groups is 1. The van der Waals surface area contributed by atoms with Gasteiger partial charge in [-0.05, 0) is 17.7 Å². The van der Waals surface area contributed by atoms with Crippen LogP contribution in [-0.4, -0.2) is 56.2 Å². The Balaban J connectivity index is 2.08. The van der Waals surface area contributed by atoms with E-state index in [4.69, 9.17) is 16.3 Å². The number of halogens is 1. The topological polar surface area (TPSA) is 48.6 Å². The number of rotatable bonds is 3. The number of hydrogen-bond acceptors (Lipinski definition) is 3. The molecule has 1 N–H and O–H groups in total. The third kappa shape index (κ3) is 3.21. The number of benzene rings is 1. The number of morpholine rings is 1. The van der Waals surface area contributed by atoms with Crippen LogP contribution in [0.15, 0.2) is 30.5 Å². The lowest BCUT2D eigenvalue weighted by atomic mass is 10.1. The molecule has 1 aromatic carbocycles. The smallest absolute Gasteiger partial charge is 0.271 e. The fraction of sp³-hybridized carbons (Fsp3) is 0.353. The predicted molar refractivity (Wildman–Crippen MR) is 92.3 cm³/mol. The van der Waals surface area contributed by atoms with Gasteiger partial charge in [-0.15, -0.1) is 0 Å². The first-order valence-corrected chi connectivity index (χ1v) is 7.97. The molecule has 1 aliphatic heterocycles. The largest absolute Gasteiger partial charge is 0.378 e. The van der Waals surface area contributed by atoms with Crippen LogP contribution in [0.25, 0.3) is 11.1 Å². The van der Waals surface area contributed by atoms with E-state index >= 15 is 0 Å². The van der Waals surface area contributed by atoms with E-state index in [9.17, 15) is 4.79 Å². The molecule has 0 spiro atoms. The Hall–Kier alpha value is -1.98. The van der Waals surface area contributed by atoms with Crippen LogP contribution in [0, 0.1) is 0 Å². The molecule has 1 amide bonds. The zero-order valence-corrected chi connectivity index (χ0v) is 14.1. The lowest BCUT2D eigenvalue weighted by Crippen LogP contribution is -2.37.